The summed E-state index contributed by atoms with van der Waals surface area (Å²) in [5, 5.41) is 3.20. The van der Waals surface area contributed by atoms with Crippen LogP contribution in [0.25, 0.3) is 0 Å². The Morgan fingerprint density at radius 3 is 2.63 bits per heavy atom. The highest BCUT2D eigenvalue weighted by Gasteiger charge is 2.32. The van der Waals surface area contributed by atoms with Crippen LogP contribution in [0.3, 0.4) is 0 Å². The van der Waals surface area contributed by atoms with E-state index in [1.807, 2.05) is 0 Å². The summed E-state index contributed by atoms with van der Waals surface area (Å²) in [5.41, 5.74) is 7.47. The van der Waals surface area contributed by atoms with Gasteiger partial charge in [-0.2, -0.15) is 0 Å². The molecule has 0 bridgehead atoms. The molecule has 1 aliphatic heterocycles. The zero-order valence-corrected chi connectivity index (χ0v) is 16.6. The van der Waals surface area contributed by atoms with Gasteiger partial charge in [0, 0.05) is 32.2 Å². The van der Waals surface area contributed by atoms with Gasteiger partial charge in [0.05, 0.1) is 6.10 Å². The summed E-state index contributed by atoms with van der Waals surface area (Å²) >= 11 is 0. The Labute approximate surface area is 163 Å². The number of carbonyl (C=O) groups excluding carboxylic acids is 1. The van der Waals surface area contributed by atoms with Gasteiger partial charge in [0.25, 0.3) is 0 Å². The number of nitrogens with zero attached hydrogens (tertiary/aromatic N) is 1. The number of hydrogen-bond acceptors (Lipinski definition) is 4. The maximum atomic E-state index is 12.5. The van der Waals surface area contributed by atoms with Crippen LogP contribution < -0.4 is 11.1 Å². The number of methoxy groups -OCH3 is 1. The van der Waals surface area contributed by atoms with E-state index in [1.165, 1.54) is 18.4 Å². The minimum absolute atomic E-state index is 0.0161. The number of carbonyl (C=O) groups is 1. The lowest BCUT2D eigenvalue weighted by molar-refractivity contribution is -0.128. The highest BCUT2D eigenvalue weighted by Crippen LogP contribution is 2.26. The molecule has 0 unspecified atom stereocenters. The van der Waals surface area contributed by atoms with Crippen LogP contribution in [-0.2, 0) is 16.0 Å². The number of hydrogen-bond donors (Lipinski definition) is 2. The van der Waals surface area contributed by atoms with Gasteiger partial charge in [-0.25, -0.2) is 0 Å². The molecule has 1 aromatic carbocycles. The summed E-state index contributed by atoms with van der Waals surface area (Å²) in [4.78, 5) is 15.1. The van der Waals surface area contributed by atoms with Gasteiger partial charge in [0.15, 0.2) is 0 Å². The maximum absolute atomic E-state index is 12.5. The molecule has 0 radical (unpaired) electrons. The summed E-state index contributed by atoms with van der Waals surface area (Å²) < 4.78 is 5.43. The monoisotopic (exact) mass is 373 g/mol. The molecule has 0 aromatic heterocycles. The predicted molar refractivity (Wildman–Crippen MR) is 108 cm³/mol. The van der Waals surface area contributed by atoms with Crippen LogP contribution in [0.5, 0.6) is 0 Å². The summed E-state index contributed by atoms with van der Waals surface area (Å²) in [6.45, 7) is 4.21. The van der Waals surface area contributed by atoms with Crippen molar-refractivity contribution in [1.82, 2.24) is 10.2 Å². The fourth-order valence-electron chi connectivity index (χ4n) is 4.40. The molecule has 3 N–H and O–H groups in total. The molecule has 1 saturated carbocycles. The summed E-state index contributed by atoms with van der Waals surface area (Å²) in [5.74, 6) is 0.849. The van der Waals surface area contributed by atoms with Gasteiger partial charge in [-0.1, -0.05) is 30.3 Å². The molecule has 5 heteroatoms. The van der Waals surface area contributed by atoms with Gasteiger partial charge in [0.1, 0.15) is 0 Å². The summed E-state index contributed by atoms with van der Waals surface area (Å²) in [6, 6.07) is 10.8. The topological polar surface area (TPSA) is 67.6 Å². The molecule has 1 amide bonds. The average molecular weight is 374 g/mol. The molecule has 0 spiro atoms. The highest BCUT2D eigenvalue weighted by molar-refractivity contribution is 5.78. The van der Waals surface area contributed by atoms with Gasteiger partial charge in [-0.15, -0.1) is 0 Å². The first-order chi connectivity index (χ1) is 13.2. The van der Waals surface area contributed by atoms with Gasteiger partial charge < -0.3 is 20.7 Å². The zero-order chi connectivity index (χ0) is 19.1. The van der Waals surface area contributed by atoms with E-state index < -0.39 is 0 Å². The molecule has 1 aromatic rings. The van der Waals surface area contributed by atoms with Crippen LogP contribution in [-0.4, -0.2) is 56.2 Å². The van der Waals surface area contributed by atoms with E-state index in [0.717, 1.165) is 51.9 Å². The predicted octanol–water partition coefficient (Wildman–Crippen LogP) is 2.20. The first-order valence-corrected chi connectivity index (χ1v) is 10.5. The third-order valence-electron chi connectivity index (χ3n) is 6.35. The van der Waals surface area contributed by atoms with E-state index in [4.69, 9.17) is 10.5 Å². The molecule has 3 rings (SSSR count). The van der Waals surface area contributed by atoms with Crippen molar-refractivity contribution in [1.29, 1.82) is 0 Å². The second kappa shape index (κ2) is 10.2. The molecule has 2 aliphatic rings. The second-order valence-electron chi connectivity index (χ2n) is 8.21. The Balaban J connectivity index is 1.33. The number of amides is 1. The molecular weight excluding hydrogens is 338 g/mol. The standard InChI is InChI=1S/C22H35N3O2/c1-27-21-15-19(7-8-20(21)23)22(26)24-16-18-10-13-25(14-11-18)12-9-17-5-3-2-4-6-17/h2-6,18-21H,7-16,23H2,1H3,(H,24,26)/t19-,20-,21-/m0/s1. The van der Waals surface area contributed by atoms with Crippen molar-refractivity contribution in [3.8, 4) is 0 Å². The summed E-state index contributed by atoms with van der Waals surface area (Å²) in [6.07, 6.45) is 5.98. The van der Waals surface area contributed by atoms with Crippen molar-refractivity contribution in [3.05, 3.63) is 35.9 Å². The summed E-state index contributed by atoms with van der Waals surface area (Å²) in [7, 11) is 1.69. The normalized spacial score (nSPS) is 27.4. The second-order valence-corrected chi connectivity index (χ2v) is 8.21. The number of nitrogens with one attached hydrogen (secondary N) is 1. The fourth-order valence-corrected chi connectivity index (χ4v) is 4.40. The van der Waals surface area contributed by atoms with Crippen LogP contribution >= 0.6 is 0 Å². The lowest BCUT2D eigenvalue weighted by Gasteiger charge is -2.34. The average Bonchev–Trinajstić information content (AvgIpc) is 2.72. The highest BCUT2D eigenvalue weighted by atomic mass is 16.5. The number of rotatable bonds is 7. The van der Waals surface area contributed by atoms with Crippen molar-refractivity contribution < 1.29 is 9.53 Å². The Morgan fingerprint density at radius 2 is 1.93 bits per heavy atom. The van der Waals surface area contributed by atoms with Crippen molar-refractivity contribution in [2.24, 2.45) is 17.6 Å². The van der Waals surface area contributed by atoms with E-state index in [1.54, 1.807) is 7.11 Å². The fraction of sp³-hybridized carbons (Fsp3) is 0.682. The molecule has 5 nitrogen and oxygen atoms in total. The van der Waals surface area contributed by atoms with Gasteiger partial charge >= 0.3 is 0 Å². The maximum Gasteiger partial charge on any atom is 0.223 e. The zero-order valence-electron chi connectivity index (χ0n) is 16.6. The molecule has 150 valence electrons. The van der Waals surface area contributed by atoms with E-state index in [9.17, 15) is 4.79 Å². The van der Waals surface area contributed by atoms with Crippen molar-refractivity contribution in [2.75, 3.05) is 33.3 Å². The van der Waals surface area contributed by atoms with Crippen molar-refractivity contribution >= 4 is 5.91 Å². The smallest absolute Gasteiger partial charge is 0.223 e. The molecule has 1 aliphatic carbocycles. The van der Waals surface area contributed by atoms with Crippen LogP contribution in [0.2, 0.25) is 0 Å². The number of piperidine rings is 1. The molecule has 27 heavy (non-hydrogen) atoms. The minimum Gasteiger partial charge on any atom is -0.380 e. The Hall–Kier alpha value is -1.43. The lowest BCUT2D eigenvalue weighted by atomic mass is 9.83. The minimum atomic E-state index is 0.0161. The number of benzene rings is 1. The number of nitrogens with two attached hydrogens (primary N) is 1. The first-order valence-electron chi connectivity index (χ1n) is 10.5. The number of ether oxygens (including phenoxy) is 1. The van der Waals surface area contributed by atoms with Crippen LogP contribution in [0, 0.1) is 11.8 Å². The van der Waals surface area contributed by atoms with E-state index in [2.05, 4.69) is 40.5 Å². The van der Waals surface area contributed by atoms with Gasteiger partial charge in [-0.3, -0.25) is 4.79 Å². The van der Waals surface area contributed by atoms with E-state index in [0.29, 0.717) is 5.92 Å². The van der Waals surface area contributed by atoms with Crippen LogP contribution in [0.4, 0.5) is 0 Å². The van der Waals surface area contributed by atoms with Gasteiger partial charge in [0.2, 0.25) is 5.91 Å². The van der Waals surface area contributed by atoms with Crippen molar-refractivity contribution in [2.45, 2.75) is 50.7 Å². The first kappa shape index (κ1) is 20.3. The molecular formula is C22H35N3O2. The lowest BCUT2D eigenvalue weighted by Crippen LogP contribution is -2.46. The molecule has 3 atom stereocenters. The molecule has 1 heterocycles. The number of likely N-dealkylation sites (tertiary alicyclic amines) is 1. The third kappa shape index (κ3) is 6.03. The molecule has 2 fully saturated rings. The largest absolute Gasteiger partial charge is 0.380 e. The SMILES string of the molecule is CO[C@H]1C[C@@H](C(=O)NCC2CCN(CCc3ccccc3)CC2)CC[C@@H]1N. The van der Waals surface area contributed by atoms with Crippen molar-refractivity contribution in [3.63, 3.8) is 0 Å². The van der Waals surface area contributed by atoms with Crippen LogP contribution in [0.15, 0.2) is 30.3 Å². The Kier molecular flexibility index (Phi) is 7.68. The quantitative estimate of drug-likeness (QED) is 0.769. The molecule has 1 saturated heterocycles. The van der Waals surface area contributed by atoms with Crippen LogP contribution in [0.1, 0.15) is 37.7 Å². The van der Waals surface area contributed by atoms with Gasteiger partial charge in [-0.05, 0) is 63.1 Å². The Bertz CT molecular complexity index is 572. The van der Waals surface area contributed by atoms with E-state index >= 15 is 0 Å². The third-order valence-corrected chi connectivity index (χ3v) is 6.35. The van der Waals surface area contributed by atoms with E-state index in [-0.39, 0.29) is 24.0 Å². The Morgan fingerprint density at radius 1 is 1.19 bits per heavy atom.